The number of aliphatic hydroxyl groups is 1. The summed E-state index contributed by atoms with van der Waals surface area (Å²) < 4.78 is 7.42. The number of aromatic nitrogens is 4. The molecule has 1 aliphatic carbocycles. The molecule has 0 bridgehead atoms. The molecular formula is C18H28N6O2. The van der Waals surface area contributed by atoms with Crippen molar-refractivity contribution in [3.63, 3.8) is 0 Å². The van der Waals surface area contributed by atoms with Crippen LogP contribution in [0.25, 0.3) is 5.65 Å². The van der Waals surface area contributed by atoms with Gasteiger partial charge in [-0.2, -0.15) is 4.98 Å². The average Bonchev–Trinajstić information content (AvgIpc) is 2.99. The number of anilines is 1. The van der Waals surface area contributed by atoms with E-state index < -0.39 is 5.60 Å². The number of nitrogen functional groups attached to an aromatic ring is 1. The minimum absolute atomic E-state index is 0.00798. The summed E-state index contributed by atoms with van der Waals surface area (Å²) in [5.41, 5.74) is 6.52. The summed E-state index contributed by atoms with van der Waals surface area (Å²) in [5.74, 6) is 0.268. The monoisotopic (exact) mass is 360 g/mol. The smallest absolute Gasteiger partial charge is 0.336 e. The second-order valence-electron chi connectivity index (χ2n) is 8.01. The predicted octanol–water partition coefficient (Wildman–Crippen LogP) is 1.63. The number of hydrogen-bond donors (Lipinski definition) is 3. The highest BCUT2D eigenvalue weighted by molar-refractivity contribution is 5.60. The Morgan fingerprint density at radius 1 is 1.38 bits per heavy atom. The zero-order valence-corrected chi connectivity index (χ0v) is 15.5. The number of piperidine rings is 1. The van der Waals surface area contributed by atoms with Crippen molar-refractivity contribution in [2.24, 2.45) is 5.41 Å². The fourth-order valence-corrected chi connectivity index (χ4v) is 4.58. The van der Waals surface area contributed by atoms with E-state index in [4.69, 9.17) is 10.5 Å². The molecule has 1 saturated heterocycles. The molecule has 1 unspecified atom stereocenters. The number of nitrogens with zero attached hydrogens (tertiary/aromatic N) is 4. The number of nitrogens with one attached hydrogen (secondary N) is 1. The van der Waals surface area contributed by atoms with Crippen molar-refractivity contribution in [1.29, 1.82) is 0 Å². The van der Waals surface area contributed by atoms with E-state index in [1.54, 1.807) is 10.7 Å². The van der Waals surface area contributed by atoms with Gasteiger partial charge in [0, 0.05) is 0 Å². The lowest BCUT2D eigenvalue weighted by atomic mass is 9.54. The Morgan fingerprint density at radius 2 is 2.12 bits per heavy atom. The third kappa shape index (κ3) is 2.91. The predicted molar refractivity (Wildman–Crippen MR) is 97.9 cm³/mol. The van der Waals surface area contributed by atoms with E-state index in [2.05, 4.69) is 27.3 Å². The van der Waals surface area contributed by atoms with Crippen LogP contribution >= 0.6 is 0 Å². The lowest BCUT2D eigenvalue weighted by Gasteiger charge is -2.55. The van der Waals surface area contributed by atoms with Crippen LogP contribution in [-0.2, 0) is 5.60 Å². The molecule has 142 valence electrons. The van der Waals surface area contributed by atoms with Crippen LogP contribution in [0.3, 0.4) is 0 Å². The van der Waals surface area contributed by atoms with Gasteiger partial charge in [0.2, 0.25) is 0 Å². The first-order chi connectivity index (χ1) is 12.4. The second-order valence-corrected chi connectivity index (χ2v) is 8.01. The Labute approximate surface area is 153 Å². The van der Waals surface area contributed by atoms with Crippen molar-refractivity contribution in [1.82, 2.24) is 24.9 Å². The number of imidazole rings is 1. The molecule has 1 spiro atoms. The van der Waals surface area contributed by atoms with Gasteiger partial charge in [-0.3, -0.25) is 0 Å². The molecule has 3 heterocycles. The minimum atomic E-state index is -0.913. The highest BCUT2D eigenvalue weighted by Crippen LogP contribution is 2.58. The van der Waals surface area contributed by atoms with Crippen molar-refractivity contribution in [3.8, 4) is 6.01 Å². The van der Waals surface area contributed by atoms with E-state index in [0.29, 0.717) is 11.3 Å². The SMILES string of the molecule is CCCC(C)Oc1nc(N)c2ncc(C3(O)CC4(CCNCC4)C3)n2n1. The quantitative estimate of drug-likeness (QED) is 0.743. The van der Waals surface area contributed by atoms with E-state index in [0.717, 1.165) is 51.6 Å². The van der Waals surface area contributed by atoms with Crippen LogP contribution < -0.4 is 15.8 Å². The highest BCUT2D eigenvalue weighted by Gasteiger charge is 2.56. The maximum Gasteiger partial charge on any atom is 0.336 e. The number of ether oxygens (including phenoxy) is 1. The largest absolute Gasteiger partial charge is 0.459 e. The molecule has 4 N–H and O–H groups in total. The summed E-state index contributed by atoms with van der Waals surface area (Å²) in [5, 5.41) is 19.1. The first-order valence-electron chi connectivity index (χ1n) is 9.56. The second kappa shape index (κ2) is 6.35. The molecular weight excluding hydrogens is 332 g/mol. The van der Waals surface area contributed by atoms with Gasteiger partial charge < -0.3 is 20.9 Å². The van der Waals surface area contributed by atoms with Gasteiger partial charge in [-0.1, -0.05) is 13.3 Å². The van der Waals surface area contributed by atoms with E-state index in [9.17, 15) is 5.11 Å². The standard InChI is InChI=1S/C18H28N6O2/c1-3-4-12(2)26-16-22-14(19)15-21-9-13(24(15)23-16)18(25)10-17(11-18)5-7-20-8-6-17/h9,12,20,25H,3-8,10-11H2,1-2H3,(H2,19,22,23). The van der Waals surface area contributed by atoms with Crippen molar-refractivity contribution in [3.05, 3.63) is 11.9 Å². The van der Waals surface area contributed by atoms with Gasteiger partial charge in [-0.25, -0.2) is 9.50 Å². The Balaban J connectivity index is 1.62. The van der Waals surface area contributed by atoms with Crippen molar-refractivity contribution in [2.45, 2.75) is 64.1 Å². The van der Waals surface area contributed by atoms with E-state index in [-0.39, 0.29) is 23.3 Å². The van der Waals surface area contributed by atoms with Crippen LogP contribution in [0.2, 0.25) is 0 Å². The van der Waals surface area contributed by atoms with Crippen molar-refractivity contribution >= 4 is 11.5 Å². The molecule has 1 saturated carbocycles. The number of fused-ring (bicyclic) bond motifs is 1. The fraction of sp³-hybridized carbons (Fsp3) is 0.722. The van der Waals surface area contributed by atoms with Crippen LogP contribution in [0.15, 0.2) is 6.20 Å². The number of rotatable bonds is 5. The van der Waals surface area contributed by atoms with Crippen LogP contribution in [0, 0.1) is 5.41 Å². The summed E-state index contributed by atoms with van der Waals surface area (Å²) in [7, 11) is 0. The molecule has 2 fully saturated rings. The molecule has 8 heteroatoms. The summed E-state index contributed by atoms with van der Waals surface area (Å²) in [6.45, 7) is 6.13. The minimum Gasteiger partial charge on any atom is -0.459 e. The number of nitrogens with two attached hydrogens (primary N) is 1. The van der Waals surface area contributed by atoms with Crippen molar-refractivity contribution in [2.75, 3.05) is 18.8 Å². The maximum atomic E-state index is 11.2. The number of hydrogen-bond acceptors (Lipinski definition) is 7. The fourth-order valence-electron chi connectivity index (χ4n) is 4.58. The molecule has 0 aromatic carbocycles. The average molecular weight is 360 g/mol. The topological polar surface area (TPSA) is 111 Å². The van der Waals surface area contributed by atoms with Crippen LogP contribution in [0.1, 0.15) is 58.1 Å². The third-order valence-corrected chi connectivity index (χ3v) is 5.85. The summed E-state index contributed by atoms with van der Waals surface area (Å²) >= 11 is 0. The zero-order valence-electron chi connectivity index (χ0n) is 15.5. The molecule has 2 aromatic rings. The Morgan fingerprint density at radius 3 is 2.81 bits per heavy atom. The molecule has 2 aromatic heterocycles. The van der Waals surface area contributed by atoms with Crippen LogP contribution in [-0.4, -0.2) is 43.9 Å². The van der Waals surface area contributed by atoms with E-state index in [1.165, 1.54) is 0 Å². The lowest BCUT2D eigenvalue weighted by Crippen LogP contribution is -2.54. The van der Waals surface area contributed by atoms with Crippen LogP contribution in [0.4, 0.5) is 5.82 Å². The third-order valence-electron chi connectivity index (χ3n) is 5.85. The lowest BCUT2D eigenvalue weighted by molar-refractivity contribution is -0.149. The van der Waals surface area contributed by atoms with Crippen molar-refractivity contribution < 1.29 is 9.84 Å². The molecule has 8 nitrogen and oxygen atoms in total. The molecule has 1 atom stereocenters. The zero-order chi connectivity index (χ0) is 18.4. The van der Waals surface area contributed by atoms with E-state index in [1.807, 2.05) is 6.92 Å². The molecule has 0 amide bonds. The van der Waals surface area contributed by atoms with Gasteiger partial charge in [0.05, 0.1) is 18.0 Å². The van der Waals surface area contributed by atoms with Gasteiger partial charge >= 0.3 is 6.01 Å². The van der Waals surface area contributed by atoms with Gasteiger partial charge in [-0.15, -0.1) is 5.10 Å². The normalized spacial score (nSPS) is 22.3. The summed E-state index contributed by atoms with van der Waals surface area (Å²) in [6.07, 6.45) is 7.30. The van der Waals surface area contributed by atoms with Gasteiger partial charge in [0.1, 0.15) is 5.60 Å². The Hall–Kier alpha value is -1.93. The highest BCUT2D eigenvalue weighted by atomic mass is 16.5. The Bertz CT molecular complexity index is 790. The Kier molecular flexibility index (Phi) is 4.27. The molecule has 4 rings (SSSR count). The van der Waals surface area contributed by atoms with Gasteiger partial charge in [-0.05, 0) is 57.5 Å². The van der Waals surface area contributed by atoms with Gasteiger partial charge in [0.25, 0.3) is 0 Å². The maximum absolute atomic E-state index is 11.2. The first-order valence-corrected chi connectivity index (χ1v) is 9.56. The van der Waals surface area contributed by atoms with Crippen LogP contribution in [0.5, 0.6) is 6.01 Å². The molecule has 1 aliphatic heterocycles. The summed E-state index contributed by atoms with van der Waals surface area (Å²) in [4.78, 5) is 8.56. The van der Waals surface area contributed by atoms with Gasteiger partial charge in [0.15, 0.2) is 11.5 Å². The molecule has 2 aliphatic rings. The summed E-state index contributed by atoms with van der Waals surface area (Å²) in [6, 6.07) is 0.231. The van der Waals surface area contributed by atoms with E-state index >= 15 is 0 Å². The molecule has 26 heavy (non-hydrogen) atoms. The molecule has 0 radical (unpaired) electrons. The first kappa shape index (κ1) is 17.5.